The zero-order valence-corrected chi connectivity index (χ0v) is 10.3. The number of hydrazone groups is 1. The predicted molar refractivity (Wildman–Crippen MR) is 64.2 cm³/mol. The Balaban J connectivity index is 1.75. The van der Waals surface area contributed by atoms with E-state index in [0.717, 1.165) is 5.56 Å². The van der Waals surface area contributed by atoms with Crippen LogP contribution >= 0.6 is 0 Å². The van der Waals surface area contributed by atoms with E-state index in [1.165, 1.54) is 0 Å². The lowest BCUT2D eigenvalue weighted by molar-refractivity contribution is -0.204. The molecule has 20 heavy (non-hydrogen) atoms. The van der Waals surface area contributed by atoms with Crippen LogP contribution in [0.4, 0.5) is 13.2 Å². The van der Waals surface area contributed by atoms with Crippen LogP contribution < -0.4 is 5.73 Å². The predicted octanol–water partition coefficient (Wildman–Crippen LogP) is 1.60. The summed E-state index contributed by atoms with van der Waals surface area (Å²) in [4.78, 5) is 11.5. The molecule has 5 nitrogen and oxygen atoms in total. The Labute approximate surface area is 112 Å². The second kappa shape index (κ2) is 5.49. The number of esters is 1. The fourth-order valence-electron chi connectivity index (χ4n) is 1.54. The highest BCUT2D eigenvalue weighted by molar-refractivity contribution is 5.94. The van der Waals surface area contributed by atoms with Gasteiger partial charge < -0.3 is 10.5 Å². The lowest BCUT2D eigenvalue weighted by Crippen LogP contribution is -2.35. The van der Waals surface area contributed by atoms with Gasteiger partial charge in [-0.3, -0.25) is 0 Å². The second-order valence-electron chi connectivity index (χ2n) is 4.21. The van der Waals surface area contributed by atoms with Crippen molar-refractivity contribution in [3.05, 3.63) is 35.9 Å². The van der Waals surface area contributed by atoms with Gasteiger partial charge in [-0.05, 0) is 18.4 Å². The number of benzene rings is 1. The quantitative estimate of drug-likeness (QED) is 0.674. The van der Waals surface area contributed by atoms with E-state index in [4.69, 9.17) is 5.73 Å². The van der Waals surface area contributed by atoms with Crippen molar-refractivity contribution in [2.75, 3.05) is 0 Å². The summed E-state index contributed by atoms with van der Waals surface area (Å²) in [7, 11) is 0. The number of hydrogen-bond donors (Lipinski definition) is 1. The Morgan fingerprint density at radius 2 is 2.00 bits per heavy atom. The second-order valence-corrected chi connectivity index (χ2v) is 4.21. The molecule has 0 spiro atoms. The maximum absolute atomic E-state index is 12.1. The van der Waals surface area contributed by atoms with E-state index in [9.17, 15) is 18.0 Å². The largest absolute Gasteiger partial charge is 0.509 e. The number of carbonyl (C=O) groups is 1. The van der Waals surface area contributed by atoms with Crippen LogP contribution in [0.15, 0.2) is 35.4 Å². The van der Waals surface area contributed by atoms with Gasteiger partial charge in [-0.1, -0.05) is 30.3 Å². The molecule has 0 saturated carbocycles. The Morgan fingerprint density at radius 3 is 2.55 bits per heavy atom. The number of nitrogens with two attached hydrogens (primary N) is 1. The SMILES string of the molecule is N[C@@H](CCc1ccccc1)C(=O)OC1=NN1C(F)(F)F. The summed E-state index contributed by atoms with van der Waals surface area (Å²) >= 11 is 0. The summed E-state index contributed by atoms with van der Waals surface area (Å²) in [5, 5.41) is 2.57. The third-order valence-electron chi connectivity index (χ3n) is 2.65. The minimum absolute atomic E-state index is 0.280. The maximum Gasteiger partial charge on any atom is 0.509 e. The van der Waals surface area contributed by atoms with Crippen LogP contribution in [0.5, 0.6) is 0 Å². The number of hydrogen-bond acceptors (Lipinski definition) is 5. The molecule has 0 radical (unpaired) electrons. The molecule has 0 bridgehead atoms. The number of ether oxygens (including phenoxy) is 1. The molecule has 0 aliphatic carbocycles. The van der Waals surface area contributed by atoms with Gasteiger partial charge in [0.15, 0.2) is 0 Å². The lowest BCUT2D eigenvalue weighted by Gasteiger charge is -2.10. The van der Waals surface area contributed by atoms with E-state index in [-0.39, 0.29) is 11.4 Å². The zero-order chi connectivity index (χ0) is 14.8. The van der Waals surface area contributed by atoms with E-state index >= 15 is 0 Å². The maximum atomic E-state index is 12.1. The highest BCUT2D eigenvalue weighted by Gasteiger charge is 2.51. The Hall–Kier alpha value is -2.09. The first kappa shape index (κ1) is 14.3. The van der Waals surface area contributed by atoms with E-state index < -0.39 is 24.3 Å². The highest BCUT2D eigenvalue weighted by Crippen LogP contribution is 2.30. The summed E-state index contributed by atoms with van der Waals surface area (Å²) in [6, 6.07) is 7.53. The van der Waals surface area contributed by atoms with Crippen LogP contribution in [-0.4, -0.2) is 29.3 Å². The third kappa shape index (κ3) is 3.70. The summed E-state index contributed by atoms with van der Waals surface area (Å²) < 4.78 is 40.7. The lowest BCUT2D eigenvalue weighted by atomic mass is 10.1. The van der Waals surface area contributed by atoms with Gasteiger partial charge in [0.1, 0.15) is 6.04 Å². The molecule has 0 unspecified atom stereocenters. The minimum atomic E-state index is -4.66. The van der Waals surface area contributed by atoms with Crippen LogP contribution in [0.2, 0.25) is 0 Å². The van der Waals surface area contributed by atoms with Crippen LogP contribution in [0.25, 0.3) is 0 Å². The van der Waals surface area contributed by atoms with Crippen LogP contribution in [0.3, 0.4) is 0 Å². The van der Waals surface area contributed by atoms with Gasteiger partial charge in [-0.15, -0.1) is 23.3 Å². The smallest absolute Gasteiger partial charge is 0.389 e. The Morgan fingerprint density at radius 1 is 1.35 bits per heavy atom. The molecule has 1 aliphatic heterocycles. The number of nitrogens with zero attached hydrogens (tertiary/aromatic N) is 2. The zero-order valence-electron chi connectivity index (χ0n) is 10.3. The average molecular weight is 287 g/mol. The van der Waals surface area contributed by atoms with Crippen LogP contribution in [0.1, 0.15) is 12.0 Å². The van der Waals surface area contributed by atoms with E-state index in [1.54, 1.807) is 0 Å². The summed E-state index contributed by atoms with van der Waals surface area (Å²) in [6.07, 6.45) is -3.85. The summed E-state index contributed by atoms with van der Waals surface area (Å²) in [5.74, 6) is -0.925. The summed E-state index contributed by atoms with van der Waals surface area (Å²) in [5.41, 5.74) is 6.55. The van der Waals surface area contributed by atoms with Gasteiger partial charge in [0.05, 0.1) is 0 Å². The van der Waals surface area contributed by atoms with Crippen LogP contribution in [0, 0.1) is 0 Å². The first-order valence-electron chi connectivity index (χ1n) is 5.84. The highest BCUT2D eigenvalue weighted by atomic mass is 19.4. The topological polar surface area (TPSA) is 67.7 Å². The fraction of sp³-hybridized carbons (Fsp3) is 0.333. The number of amidine groups is 1. The molecule has 2 N–H and O–H groups in total. The van der Waals surface area contributed by atoms with Crippen molar-refractivity contribution in [2.45, 2.75) is 25.2 Å². The molecule has 0 amide bonds. The molecule has 0 aromatic heterocycles. The van der Waals surface area contributed by atoms with Gasteiger partial charge in [-0.2, -0.15) is 0 Å². The molecule has 8 heteroatoms. The molecule has 1 atom stereocenters. The van der Waals surface area contributed by atoms with Gasteiger partial charge in [-0.25, -0.2) is 4.79 Å². The standard InChI is InChI=1S/C12H12F3N3O2/c13-12(14,15)18-11(17-18)20-10(19)9(16)7-6-8-4-2-1-3-5-8/h1-5,9H,6-7,16H2/t9-,18?/m0/s1. The van der Waals surface area contributed by atoms with Gasteiger partial charge in [0.25, 0.3) is 0 Å². The molecule has 0 saturated heterocycles. The molecule has 108 valence electrons. The van der Waals surface area contributed by atoms with Crippen molar-refractivity contribution in [2.24, 2.45) is 10.8 Å². The Kier molecular flexibility index (Phi) is 3.93. The molecule has 0 fully saturated rings. The van der Waals surface area contributed by atoms with Crippen LogP contribution in [-0.2, 0) is 16.0 Å². The number of aryl methyl sites for hydroxylation is 1. The first-order chi connectivity index (χ1) is 9.38. The first-order valence-corrected chi connectivity index (χ1v) is 5.84. The van der Waals surface area contributed by atoms with Crippen molar-refractivity contribution in [3.8, 4) is 0 Å². The van der Waals surface area contributed by atoms with Crippen molar-refractivity contribution in [1.82, 2.24) is 5.01 Å². The number of carbonyl (C=O) groups excluding carboxylic acids is 1. The molecule has 1 aliphatic rings. The Bertz CT molecular complexity index is 516. The third-order valence-corrected chi connectivity index (χ3v) is 2.65. The average Bonchev–Trinajstić information content (AvgIpc) is 3.16. The fourth-order valence-corrected chi connectivity index (χ4v) is 1.54. The van der Waals surface area contributed by atoms with E-state index in [0.29, 0.717) is 6.42 Å². The molecule has 2 rings (SSSR count). The van der Waals surface area contributed by atoms with Gasteiger partial charge in [0, 0.05) is 0 Å². The van der Waals surface area contributed by atoms with Crippen molar-refractivity contribution in [3.63, 3.8) is 0 Å². The molecule has 1 aromatic carbocycles. The number of alkyl halides is 3. The summed E-state index contributed by atoms with van der Waals surface area (Å²) in [6.45, 7) is 0. The number of rotatable bonds is 4. The van der Waals surface area contributed by atoms with E-state index in [2.05, 4.69) is 9.84 Å². The normalized spacial score (nSPS) is 15.6. The van der Waals surface area contributed by atoms with E-state index in [1.807, 2.05) is 30.3 Å². The molecule has 1 aromatic rings. The van der Waals surface area contributed by atoms with Crippen molar-refractivity contribution >= 4 is 12.0 Å². The molecule has 1 heterocycles. The van der Waals surface area contributed by atoms with Crippen molar-refractivity contribution < 1.29 is 22.7 Å². The van der Waals surface area contributed by atoms with Gasteiger partial charge in [0.2, 0.25) is 0 Å². The molecular weight excluding hydrogens is 275 g/mol. The minimum Gasteiger partial charge on any atom is -0.389 e. The number of halogens is 3. The van der Waals surface area contributed by atoms with Gasteiger partial charge >= 0.3 is 18.3 Å². The monoisotopic (exact) mass is 287 g/mol. The molecular formula is C12H12F3N3O2. The van der Waals surface area contributed by atoms with Crippen molar-refractivity contribution in [1.29, 1.82) is 0 Å².